The van der Waals surface area contributed by atoms with E-state index in [0.717, 1.165) is 19.3 Å². The number of nitrogens with two attached hydrogens (primary N) is 2. The number of guanidine groups is 1. The van der Waals surface area contributed by atoms with Crippen molar-refractivity contribution in [1.82, 2.24) is 72.4 Å². The predicted molar refractivity (Wildman–Crippen MR) is 409 cm³/mol. The number of carbonyl (C=O) groups is 14. The molecule has 0 spiro atoms. The average molecular weight is 1670 g/mol. The number of nitrogens with one attached hydrogen (secondary N) is 10. The maximum absolute atomic E-state index is 15.0. The Kier molecular flexibility index (Phi) is 40.5. The van der Waals surface area contributed by atoms with Crippen LogP contribution in [0, 0.1) is 11.8 Å². The number of nitrogens with zero attached hydrogens (tertiary/aromatic N) is 5. The van der Waals surface area contributed by atoms with Crippen molar-refractivity contribution in [3.8, 4) is 5.75 Å². The van der Waals surface area contributed by atoms with Gasteiger partial charge in [-0.1, -0.05) is 107 Å². The zero-order valence-corrected chi connectivity index (χ0v) is 65.6. The Morgan fingerprint density at radius 1 is 0.491 bits per heavy atom. The smallest absolute Gasteiger partial charge is 0.549 e. The van der Waals surface area contributed by atoms with E-state index >= 15 is 0 Å². The number of hydrogen-bond donors (Lipinski definition) is 18. The van der Waals surface area contributed by atoms with Crippen LogP contribution >= 0.6 is 0 Å². The molecule has 1 radical (unpaired) electrons. The number of amides is 9. The van der Waals surface area contributed by atoms with Gasteiger partial charge in [0, 0.05) is 108 Å². The van der Waals surface area contributed by atoms with Crippen LogP contribution in [-0.4, -0.2) is 297 Å². The van der Waals surface area contributed by atoms with Gasteiger partial charge in [-0.3, -0.25) is 77.3 Å². The number of phenols is 1. The van der Waals surface area contributed by atoms with Crippen LogP contribution in [0.5, 0.6) is 5.75 Å². The Morgan fingerprint density at radius 3 is 1.43 bits per heavy atom. The Bertz CT molecular complexity index is 3950. The van der Waals surface area contributed by atoms with E-state index in [0.29, 0.717) is 40.4 Å². The molecule has 639 valence electrons. The quantitative estimate of drug-likeness (QED) is 0.00848. The molecule has 1 saturated heterocycles. The van der Waals surface area contributed by atoms with Crippen molar-refractivity contribution >= 4 is 99.9 Å². The number of fused-ring (bicyclic) bond motifs is 1. The molecule has 6 rings (SSSR count). The number of H-pyrrole nitrogens is 1. The van der Waals surface area contributed by atoms with Gasteiger partial charge < -0.3 is 115 Å². The van der Waals surface area contributed by atoms with Crippen LogP contribution in [0.3, 0.4) is 0 Å². The standard InChI is InChI=1S/C76H109N17O22.Cu/c1-45(2)32-54(68(107)87-58(72(111)89-61(44-95)75(114)115)36-49-38-80-52-17-10-9-16-51(49)52)83-69(108)57(35-48-19-21-50(96)22-20-48)84-67(106)53(18-11-23-79-76(77)78)82-74(113)60(43-94)88-71(110)56(34-47-14-7-4-8-15-47)85-70(109)55(33-46-12-5-3-6-13-46)86-73(112)59(37-63(98)99)81-62(97)39-90-24-26-91(40-64(100)101)28-30-93(42-66(104)105)31-29-92(27-25-90)41-65(102)103;/h4,7-10,14-17,19-22,38,45-46,53-61,80,94-96H,3,5-6,11-13,18,23-37,39-44H2,1-2H3,(H,81,97)(H,82,113)(H,83,108)(H,84,106)(H,85,109)(H,86,112)(H,87,107)(H,88,110)(H,89,111)(H,98,99)(H,100,101)(H,102,103)(H,104,105)(H,114,115)(H4,77,78,79);/q;+2/p-2/t53-,54+,55+,56+,57+,58+,59+,60-,61+;/m1./s1. The normalized spacial score (nSPS) is 16.5. The molecular weight excluding hydrogens is 1570 g/mol. The first-order valence-electron chi connectivity index (χ1n) is 38.1. The van der Waals surface area contributed by atoms with E-state index in [1.165, 1.54) is 43.9 Å². The average Bonchev–Trinajstić information content (AvgIpc) is 1.64. The summed E-state index contributed by atoms with van der Waals surface area (Å²) in [6, 6.07) is 5.91. The zero-order valence-electron chi connectivity index (χ0n) is 64.6. The van der Waals surface area contributed by atoms with E-state index in [2.05, 4.69) is 57.8 Å². The van der Waals surface area contributed by atoms with Crippen molar-refractivity contribution in [2.24, 2.45) is 28.3 Å². The summed E-state index contributed by atoms with van der Waals surface area (Å²) >= 11 is 0. The fourth-order valence-corrected chi connectivity index (χ4v) is 13.5. The van der Waals surface area contributed by atoms with Gasteiger partial charge in [0.2, 0.25) is 53.2 Å². The Morgan fingerprint density at radius 2 is 0.922 bits per heavy atom. The van der Waals surface area contributed by atoms with Gasteiger partial charge in [0.15, 0.2) is 5.96 Å². The minimum atomic E-state index is -1.90. The number of hydrogen-bond acceptors (Lipinski definition) is 24. The van der Waals surface area contributed by atoms with Crippen LogP contribution in [0.2, 0.25) is 0 Å². The third-order valence-electron chi connectivity index (χ3n) is 19.5. The summed E-state index contributed by atoms with van der Waals surface area (Å²) in [6.07, 6.45) is 2.96. The number of aromatic nitrogens is 1. The molecule has 2 fully saturated rings. The largest absolute Gasteiger partial charge is 2.00 e. The van der Waals surface area contributed by atoms with Crippen molar-refractivity contribution in [2.45, 2.75) is 152 Å². The molecule has 1 aliphatic carbocycles. The molecule has 4 aromatic rings. The van der Waals surface area contributed by atoms with E-state index in [4.69, 9.17) is 11.5 Å². The second kappa shape index (κ2) is 49.1. The number of aliphatic carboxylic acids is 5. The van der Waals surface area contributed by atoms with Crippen LogP contribution in [-0.2, 0) is 103 Å². The molecule has 40 heteroatoms. The van der Waals surface area contributed by atoms with Crippen LogP contribution < -0.4 is 69.5 Å². The van der Waals surface area contributed by atoms with Gasteiger partial charge in [0.1, 0.15) is 60.1 Å². The monoisotopic (exact) mass is 1670 g/mol. The summed E-state index contributed by atoms with van der Waals surface area (Å²) in [7, 11) is 0. The molecule has 39 nitrogen and oxygen atoms in total. The van der Waals surface area contributed by atoms with E-state index < -0.39 is 183 Å². The van der Waals surface area contributed by atoms with E-state index in [9.17, 15) is 108 Å². The number of aliphatic hydroxyl groups excluding tert-OH is 2. The first-order valence-corrected chi connectivity index (χ1v) is 38.1. The van der Waals surface area contributed by atoms with Crippen molar-refractivity contribution in [1.29, 1.82) is 0 Å². The Balaban J connectivity index is 0.0000240. The van der Waals surface area contributed by atoms with Gasteiger partial charge >= 0.3 is 35.0 Å². The van der Waals surface area contributed by atoms with Gasteiger partial charge in [-0.2, -0.15) is 0 Å². The van der Waals surface area contributed by atoms with Crippen molar-refractivity contribution in [3.05, 3.63) is 102 Å². The summed E-state index contributed by atoms with van der Waals surface area (Å²) in [4.78, 5) is 204. The summed E-state index contributed by atoms with van der Waals surface area (Å²) in [5.41, 5.74) is 13.3. The van der Waals surface area contributed by atoms with Gasteiger partial charge in [-0.15, -0.1) is 0 Å². The number of carbonyl (C=O) groups excluding carboxylic acids is 11. The second-order valence-corrected chi connectivity index (χ2v) is 29.1. The minimum Gasteiger partial charge on any atom is -0.549 e. The number of carboxylic acid groups (broad SMARTS) is 5. The molecule has 20 N–H and O–H groups in total. The topological polar surface area (TPSA) is 608 Å². The van der Waals surface area contributed by atoms with E-state index in [-0.39, 0.29) is 144 Å². The number of aromatic amines is 1. The Hall–Kier alpha value is -10.9. The summed E-state index contributed by atoms with van der Waals surface area (Å²) in [5.74, 6) is -17.3. The van der Waals surface area contributed by atoms with Crippen LogP contribution in [0.1, 0.15) is 94.7 Å². The third kappa shape index (κ3) is 33.9. The van der Waals surface area contributed by atoms with Gasteiger partial charge in [-0.25, -0.2) is 4.79 Å². The molecule has 1 aliphatic heterocycles. The number of benzene rings is 3. The van der Waals surface area contributed by atoms with Crippen LogP contribution in [0.4, 0.5) is 0 Å². The first-order chi connectivity index (χ1) is 54.7. The second-order valence-electron chi connectivity index (χ2n) is 29.1. The number of carboxylic acids is 5. The molecule has 1 saturated carbocycles. The van der Waals surface area contributed by atoms with Crippen molar-refractivity contribution in [2.75, 3.05) is 98.3 Å². The molecule has 0 bridgehead atoms. The fraction of sp³-hybridized carbons (Fsp3) is 0.539. The molecule has 1 aromatic heterocycles. The SMILES string of the molecule is CC(C)C[C@H](NC(=O)[C@H](Cc1ccc(O)cc1)NC(=O)[C@@H](CCCN=C(N)N)NC(=O)[C@@H](CO)NC(=O)[C@H](Cc1ccccc1)NC(=O)[C@H](CC1CCCCC1)NC(=O)[C@H](CC(=O)O)NC(=O)CN1CCN(CC(=O)[O-])CCN(CC(=O)O)CCN(CC(=O)[O-])CC1)C(=O)N[C@@H](Cc1c[nH]c2ccccc12)C(=O)N[C@@H](CO)C(=O)O.[Cu+2]. The maximum atomic E-state index is 15.0. The number of aliphatic imine (C=N–C) groups is 1. The minimum absolute atomic E-state index is 0. The molecule has 3 aromatic carbocycles. The molecule has 9 amide bonds. The number of aromatic hydroxyl groups is 1. The molecule has 0 unspecified atom stereocenters. The summed E-state index contributed by atoms with van der Waals surface area (Å²) in [6.45, 7) is -0.882. The molecule has 9 atom stereocenters. The van der Waals surface area contributed by atoms with Gasteiger partial charge in [0.25, 0.3) is 0 Å². The number of aliphatic hydroxyl groups is 2. The fourth-order valence-electron chi connectivity index (χ4n) is 13.5. The third-order valence-corrected chi connectivity index (χ3v) is 19.5. The van der Waals surface area contributed by atoms with Crippen molar-refractivity contribution in [3.63, 3.8) is 0 Å². The van der Waals surface area contributed by atoms with Crippen LogP contribution in [0.15, 0.2) is 90.1 Å². The maximum Gasteiger partial charge on any atom is 2.00 e. The molecule has 2 heterocycles. The van der Waals surface area contributed by atoms with E-state index in [1.807, 2.05) is 0 Å². The predicted octanol–water partition coefficient (Wildman–Crippen LogP) is -6.32. The number of phenolic OH excluding ortho intramolecular Hbond substituents is 1. The Labute approximate surface area is 680 Å². The summed E-state index contributed by atoms with van der Waals surface area (Å²) < 4.78 is 0. The first kappa shape index (κ1) is 95.7. The van der Waals surface area contributed by atoms with Crippen LogP contribution in [0.25, 0.3) is 10.9 Å². The molecule has 2 aliphatic rings. The number of rotatable bonds is 44. The molecular formula is C76H107CuN17O22. The number of para-hydroxylation sites is 1. The van der Waals surface area contributed by atoms with E-state index in [1.54, 1.807) is 74.6 Å². The van der Waals surface area contributed by atoms with Gasteiger partial charge in [0.05, 0.1) is 44.7 Å². The zero-order chi connectivity index (χ0) is 84.3. The van der Waals surface area contributed by atoms with Gasteiger partial charge in [-0.05, 0) is 72.4 Å². The summed E-state index contributed by atoms with van der Waals surface area (Å²) in [5, 5.41) is 108. The molecule has 116 heavy (non-hydrogen) atoms. The van der Waals surface area contributed by atoms with Crippen molar-refractivity contribution < 1.29 is 125 Å².